The van der Waals surface area contributed by atoms with Gasteiger partial charge in [0.2, 0.25) is 0 Å². The Bertz CT molecular complexity index is 437. The second-order valence-corrected chi connectivity index (χ2v) is 5.88. The van der Waals surface area contributed by atoms with E-state index in [4.69, 9.17) is 17.3 Å². The zero-order chi connectivity index (χ0) is 12.7. The Balaban J connectivity index is 1.92. The average Bonchev–Trinajstić information content (AvgIpc) is 2.32. The van der Waals surface area contributed by atoms with E-state index in [0.717, 1.165) is 31.4 Å². The summed E-state index contributed by atoms with van der Waals surface area (Å²) in [5.74, 6) is -0.331. The number of halogens is 2. The molecule has 2 nitrogen and oxygen atoms in total. The zero-order valence-corrected chi connectivity index (χ0v) is 11.0. The maximum absolute atomic E-state index is 13.6. The van der Waals surface area contributed by atoms with Crippen LogP contribution in [0.4, 0.5) is 10.1 Å². The average molecular weight is 269 g/mol. The third-order valence-electron chi connectivity index (χ3n) is 4.21. The minimum Gasteiger partial charge on any atom is -0.365 e. The molecular weight excluding hydrogens is 251 g/mol. The number of piperidine rings is 2. The summed E-state index contributed by atoms with van der Waals surface area (Å²) in [6, 6.07) is 6.36. The van der Waals surface area contributed by atoms with Crippen molar-refractivity contribution in [3.63, 3.8) is 0 Å². The third-order valence-corrected chi connectivity index (χ3v) is 4.52. The molecule has 2 aliphatic heterocycles. The van der Waals surface area contributed by atoms with Crippen LogP contribution in [-0.4, -0.2) is 18.1 Å². The number of anilines is 1. The number of fused-ring (bicyclic) bond motifs is 2. The number of hydrogen-bond donors (Lipinski definition) is 1. The van der Waals surface area contributed by atoms with Gasteiger partial charge in [0.1, 0.15) is 5.82 Å². The fourth-order valence-corrected chi connectivity index (χ4v) is 3.61. The maximum atomic E-state index is 13.6. The van der Waals surface area contributed by atoms with Crippen LogP contribution in [0.3, 0.4) is 0 Å². The van der Waals surface area contributed by atoms with Crippen molar-refractivity contribution in [1.29, 1.82) is 0 Å². The van der Waals surface area contributed by atoms with Crippen LogP contribution < -0.4 is 10.6 Å². The fraction of sp³-hybridized carbons (Fsp3) is 0.571. The molecule has 2 heterocycles. The van der Waals surface area contributed by atoms with Crippen LogP contribution in [-0.2, 0) is 0 Å². The van der Waals surface area contributed by atoms with Crippen molar-refractivity contribution < 1.29 is 4.39 Å². The van der Waals surface area contributed by atoms with Crippen LogP contribution in [0.1, 0.15) is 32.1 Å². The lowest BCUT2D eigenvalue weighted by molar-refractivity contribution is 0.271. The van der Waals surface area contributed by atoms with Gasteiger partial charge in [-0.2, -0.15) is 0 Å². The molecule has 2 fully saturated rings. The van der Waals surface area contributed by atoms with E-state index < -0.39 is 0 Å². The van der Waals surface area contributed by atoms with Crippen molar-refractivity contribution in [2.75, 3.05) is 4.90 Å². The first-order valence-corrected chi connectivity index (χ1v) is 7.02. The molecule has 2 atom stereocenters. The highest BCUT2D eigenvalue weighted by molar-refractivity contribution is 6.30. The van der Waals surface area contributed by atoms with E-state index in [-0.39, 0.29) is 10.8 Å². The van der Waals surface area contributed by atoms with Gasteiger partial charge in [0.05, 0.1) is 5.02 Å². The van der Waals surface area contributed by atoms with Gasteiger partial charge in [0.25, 0.3) is 0 Å². The van der Waals surface area contributed by atoms with Gasteiger partial charge in [-0.05, 0) is 50.3 Å². The van der Waals surface area contributed by atoms with E-state index in [9.17, 15) is 4.39 Å². The highest BCUT2D eigenvalue weighted by Gasteiger charge is 2.37. The Morgan fingerprint density at radius 2 is 1.89 bits per heavy atom. The van der Waals surface area contributed by atoms with Crippen molar-refractivity contribution >= 4 is 17.3 Å². The molecule has 4 heteroatoms. The molecule has 3 rings (SSSR count). The summed E-state index contributed by atoms with van der Waals surface area (Å²) in [7, 11) is 0. The van der Waals surface area contributed by atoms with Crippen LogP contribution in [0, 0.1) is 5.82 Å². The molecule has 2 aliphatic rings. The first-order chi connectivity index (χ1) is 8.65. The number of benzene rings is 1. The number of nitrogens with two attached hydrogens (primary N) is 1. The van der Waals surface area contributed by atoms with Crippen LogP contribution in [0.5, 0.6) is 0 Å². The molecular formula is C14H18ClFN2. The molecule has 98 valence electrons. The molecule has 2 N–H and O–H groups in total. The molecule has 0 saturated carbocycles. The van der Waals surface area contributed by atoms with Gasteiger partial charge in [-0.1, -0.05) is 11.6 Å². The maximum Gasteiger partial charge on any atom is 0.143 e. The predicted octanol–water partition coefficient (Wildman–Crippen LogP) is 3.33. The van der Waals surface area contributed by atoms with Gasteiger partial charge in [0, 0.05) is 23.8 Å². The smallest absolute Gasteiger partial charge is 0.143 e. The Labute approximate surface area is 112 Å². The summed E-state index contributed by atoms with van der Waals surface area (Å²) >= 11 is 5.75. The lowest BCUT2D eigenvalue weighted by atomic mass is 9.81. The van der Waals surface area contributed by atoms with E-state index in [1.165, 1.54) is 6.42 Å². The van der Waals surface area contributed by atoms with E-state index >= 15 is 0 Å². The lowest BCUT2D eigenvalue weighted by Gasteiger charge is -2.49. The first kappa shape index (κ1) is 12.2. The van der Waals surface area contributed by atoms with Gasteiger partial charge < -0.3 is 10.6 Å². The lowest BCUT2D eigenvalue weighted by Crippen LogP contribution is -2.55. The Hall–Kier alpha value is -0.800. The summed E-state index contributed by atoms with van der Waals surface area (Å²) in [6.07, 6.45) is 5.61. The first-order valence-electron chi connectivity index (χ1n) is 6.64. The minimum absolute atomic E-state index is 0.192. The highest BCUT2D eigenvalue weighted by Crippen LogP contribution is 2.38. The Morgan fingerprint density at radius 3 is 2.50 bits per heavy atom. The van der Waals surface area contributed by atoms with Crippen molar-refractivity contribution in [3.05, 3.63) is 29.0 Å². The van der Waals surface area contributed by atoms with Crippen LogP contribution in [0.25, 0.3) is 0 Å². The van der Waals surface area contributed by atoms with Crippen molar-refractivity contribution in [1.82, 2.24) is 0 Å². The molecule has 1 aromatic carbocycles. The van der Waals surface area contributed by atoms with Gasteiger partial charge in [-0.15, -0.1) is 0 Å². The molecule has 0 aromatic heterocycles. The van der Waals surface area contributed by atoms with E-state index in [1.807, 2.05) is 6.07 Å². The van der Waals surface area contributed by atoms with Crippen molar-refractivity contribution in [2.45, 2.75) is 50.2 Å². The summed E-state index contributed by atoms with van der Waals surface area (Å²) in [5, 5.41) is 0.192. The number of rotatable bonds is 1. The van der Waals surface area contributed by atoms with Gasteiger partial charge >= 0.3 is 0 Å². The molecule has 0 aliphatic carbocycles. The second kappa shape index (κ2) is 4.71. The van der Waals surface area contributed by atoms with Gasteiger partial charge in [0.15, 0.2) is 0 Å². The quantitative estimate of drug-likeness (QED) is 0.847. The summed E-state index contributed by atoms with van der Waals surface area (Å²) in [5.41, 5.74) is 7.05. The summed E-state index contributed by atoms with van der Waals surface area (Å²) < 4.78 is 13.6. The molecule has 2 unspecified atom stereocenters. The van der Waals surface area contributed by atoms with E-state index in [1.54, 1.807) is 12.1 Å². The monoisotopic (exact) mass is 268 g/mol. The molecule has 2 bridgehead atoms. The number of nitrogens with zero attached hydrogens (tertiary/aromatic N) is 1. The van der Waals surface area contributed by atoms with Crippen LogP contribution in [0.15, 0.2) is 18.2 Å². The standard InChI is InChI=1S/C14H18ClFN2/c15-13-5-4-12(8-14(13)16)18-10-2-1-3-11(18)7-9(17)6-10/h4-5,8-11H,1-3,6-7,17H2. The SMILES string of the molecule is NC1CC2CCCC(C1)N2c1ccc(Cl)c(F)c1. The zero-order valence-electron chi connectivity index (χ0n) is 10.3. The normalized spacial score (nSPS) is 31.5. The van der Waals surface area contributed by atoms with Crippen LogP contribution >= 0.6 is 11.6 Å². The molecule has 18 heavy (non-hydrogen) atoms. The summed E-state index contributed by atoms with van der Waals surface area (Å²) in [4.78, 5) is 2.37. The molecule has 0 radical (unpaired) electrons. The Kier molecular flexibility index (Phi) is 3.20. The fourth-order valence-electron chi connectivity index (χ4n) is 3.49. The summed E-state index contributed by atoms with van der Waals surface area (Å²) in [6.45, 7) is 0. The molecule has 2 saturated heterocycles. The topological polar surface area (TPSA) is 29.3 Å². The van der Waals surface area contributed by atoms with Crippen LogP contribution in [0.2, 0.25) is 5.02 Å². The highest BCUT2D eigenvalue weighted by atomic mass is 35.5. The van der Waals surface area contributed by atoms with Gasteiger partial charge in [-0.25, -0.2) is 4.39 Å². The third kappa shape index (κ3) is 2.10. The molecule has 0 spiro atoms. The van der Waals surface area contributed by atoms with Crippen molar-refractivity contribution in [2.24, 2.45) is 5.73 Å². The van der Waals surface area contributed by atoms with E-state index in [0.29, 0.717) is 18.1 Å². The second-order valence-electron chi connectivity index (χ2n) is 5.48. The minimum atomic E-state index is -0.331. The van der Waals surface area contributed by atoms with E-state index in [2.05, 4.69) is 4.90 Å². The number of hydrogen-bond acceptors (Lipinski definition) is 2. The molecule has 1 aromatic rings. The largest absolute Gasteiger partial charge is 0.365 e. The predicted molar refractivity (Wildman–Crippen MR) is 72.5 cm³/mol. The molecule has 0 amide bonds. The van der Waals surface area contributed by atoms with Gasteiger partial charge in [-0.3, -0.25) is 0 Å². The van der Waals surface area contributed by atoms with Crippen molar-refractivity contribution in [3.8, 4) is 0 Å². The Morgan fingerprint density at radius 1 is 1.22 bits per heavy atom.